The number of piperidine rings is 1. The van der Waals surface area contributed by atoms with Gasteiger partial charge < -0.3 is 45.5 Å². The lowest BCUT2D eigenvalue weighted by molar-refractivity contribution is -0.144. The number of aliphatic hydroxyl groups excluding tert-OH is 1. The fourth-order valence-corrected chi connectivity index (χ4v) is 10.2. The van der Waals surface area contributed by atoms with Crippen molar-refractivity contribution in [3.05, 3.63) is 99.2 Å². The number of aromatic nitrogens is 4. The van der Waals surface area contributed by atoms with Gasteiger partial charge in [-0.3, -0.25) is 23.9 Å². The zero-order valence-corrected chi connectivity index (χ0v) is 43.4. The number of ether oxygens (including phenoxy) is 3. The van der Waals surface area contributed by atoms with Crippen LogP contribution in [-0.2, 0) is 35.2 Å². The van der Waals surface area contributed by atoms with E-state index < -0.39 is 47.3 Å². The molecule has 3 aromatic heterocycles. The molecule has 0 saturated carbocycles. The zero-order chi connectivity index (χ0) is 51.7. The van der Waals surface area contributed by atoms with Gasteiger partial charge in [0.1, 0.15) is 24.0 Å². The Morgan fingerprint density at radius 1 is 0.958 bits per heavy atom. The van der Waals surface area contributed by atoms with Gasteiger partial charge in [0.2, 0.25) is 23.6 Å². The molecule has 0 aliphatic carbocycles. The summed E-state index contributed by atoms with van der Waals surface area (Å²) >= 11 is 14.1. The second kappa shape index (κ2) is 24.3. The van der Waals surface area contributed by atoms with Gasteiger partial charge in [-0.1, -0.05) is 68.2 Å². The molecule has 0 spiro atoms. The van der Waals surface area contributed by atoms with E-state index in [0.717, 1.165) is 27.3 Å². The molecule has 0 bridgehead atoms. The van der Waals surface area contributed by atoms with Crippen LogP contribution in [0.1, 0.15) is 88.8 Å². The molecule has 5 heterocycles. The van der Waals surface area contributed by atoms with Crippen molar-refractivity contribution in [1.82, 2.24) is 40.2 Å². The van der Waals surface area contributed by atoms with Gasteiger partial charge in [0.15, 0.2) is 11.6 Å². The Balaban J connectivity index is 0.780. The third-order valence-electron chi connectivity index (χ3n) is 12.8. The number of anilines is 1. The van der Waals surface area contributed by atoms with Crippen LogP contribution in [0.25, 0.3) is 21.6 Å². The number of carbonyl (C=O) groups is 4. The van der Waals surface area contributed by atoms with Gasteiger partial charge in [-0.25, -0.2) is 14.4 Å². The minimum atomic E-state index is -0.958. The first-order valence-corrected chi connectivity index (χ1v) is 25.6. The van der Waals surface area contributed by atoms with Gasteiger partial charge in [0, 0.05) is 73.1 Å². The molecule has 17 nitrogen and oxygen atoms in total. The molecule has 4 amide bonds. The highest BCUT2D eigenvalue weighted by molar-refractivity contribution is 7.13. The van der Waals surface area contributed by atoms with Gasteiger partial charge in [-0.15, -0.1) is 11.3 Å². The quantitative estimate of drug-likeness (QED) is 0.0445. The number of β-amino-alcohol motifs (C(OH)–C–C–N with tert-alkyl or cyclic N) is 1. The Morgan fingerprint density at radius 3 is 2.35 bits per heavy atom. The van der Waals surface area contributed by atoms with E-state index in [1.54, 1.807) is 42.2 Å². The fourth-order valence-electron chi connectivity index (χ4n) is 8.76. The number of nitrogens with one attached hydrogen (secondary N) is 2. The first-order valence-electron chi connectivity index (χ1n) is 24.0. The molecule has 72 heavy (non-hydrogen) atoms. The summed E-state index contributed by atoms with van der Waals surface area (Å²) in [6.45, 7) is 11.2. The zero-order valence-electron chi connectivity index (χ0n) is 41.0. The van der Waals surface area contributed by atoms with Gasteiger partial charge in [0.05, 0.1) is 72.3 Å². The van der Waals surface area contributed by atoms with Crippen molar-refractivity contribution < 1.29 is 42.9 Å². The number of nitrogens with two attached hydrogens (primary N) is 1. The second-order valence-corrected chi connectivity index (χ2v) is 20.8. The monoisotopic (exact) mass is 1050 g/mol. The second-order valence-electron chi connectivity index (χ2n) is 19.1. The Hall–Kier alpha value is -5.70. The number of thiazole rings is 1. The molecule has 7 rings (SSSR count). The van der Waals surface area contributed by atoms with Crippen molar-refractivity contribution >= 4 is 64.0 Å². The number of amides is 4. The topological polar surface area (TPSA) is 216 Å². The number of nitrogen functional groups attached to an aromatic ring is 1. The normalized spacial score (nSPS) is 17.2. The van der Waals surface area contributed by atoms with E-state index in [1.807, 2.05) is 67.7 Å². The van der Waals surface area contributed by atoms with Gasteiger partial charge in [-0.2, -0.15) is 5.10 Å². The number of likely N-dealkylation sites (tertiary alicyclic amines) is 2. The van der Waals surface area contributed by atoms with Crippen LogP contribution in [0, 0.1) is 18.2 Å². The summed E-state index contributed by atoms with van der Waals surface area (Å²) in [4.78, 5) is 66.5. The summed E-state index contributed by atoms with van der Waals surface area (Å²) in [5.74, 6) is -1.40. The largest absolute Gasteiger partial charge is 0.482 e. The molecule has 4 atom stereocenters. The van der Waals surface area contributed by atoms with Crippen LogP contribution in [0.2, 0.25) is 10.0 Å². The van der Waals surface area contributed by atoms with E-state index >= 15 is 0 Å². The van der Waals surface area contributed by atoms with Crippen LogP contribution in [-0.4, -0.2) is 123 Å². The van der Waals surface area contributed by atoms with E-state index in [4.69, 9.17) is 43.1 Å². The predicted octanol–water partition coefficient (Wildman–Crippen LogP) is 7.33. The van der Waals surface area contributed by atoms with Gasteiger partial charge >= 0.3 is 0 Å². The van der Waals surface area contributed by atoms with Crippen molar-refractivity contribution in [2.75, 3.05) is 51.8 Å². The summed E-state index contributed by atoms with van der Waals surface area (Å²) in [5, 5.41) is 21.1. The average Bonchev–Trinajstić information content (AvgIpc) is 4.13. The summed E-state index contributed by atoms with van der Waals surface area (Å²) in [5.41, 5.74) is 11.9. The Morgan fingerprint density at radius 2 is 1.67 bits per heavy atom. The number of carbonyl (C=O) groups excluding carboxylic acids is 4. The number of halogens is 3. The average molecular weight is 1050 g/mol. The molecule has 386 valence electrons. The number of hydrogen-bond acceptors (Lipinski definition) is 13. The molecule has 2 saturated heterocycles. The van der Waals surface area contributed by atoms with E-state index in [1.165, 1.54) is 17.0 Å². The first kappa shape index (κ1) is 54.1. The van der Waals surface area contributed by atoms with E-state index in [9.17, 15) is 28.7 Å². The molecule has 2 aromatic carbocycles. The van der Waals surface area contributed by atoms with Crippen LogP contribution < -0.4 is 21.1 Å². The molecular weight excluding hydrogens is 989 g/mol. The maximum Gasteiger partial charge on any atom is 0.246 e. The number of benzene rings is 2. The third-order valence-corrected chi connectivity index (χ3v) is 14.5. The lowest BCUT2D eigenvalue weighted by Gasteiger charge is -2.35. The number of hydrogen-bond donors (Lipinski definition) is 4. The molecule has 5 aromatic rings. The molecule has 2 aliphatic heterocycles. The molecule has 0 radical (unpaired) electrons. The van der Waals surface area contributed by atoms with Crippen molar-refractivity contribution in [3.63, 3.8) is 0 Å². The van der Waals surface area contributed by atoms with Crippen LogP contribution in [0.3, 0.4) is 0 Å². The van der Waals surface area contributed by atoms with Crippen LogP contribution in [0.4, 0.5) is 10.2 Å². The SMILES string of the molecule is Cc1ncsc1-c1ccc(CNC(=O)[C@@H]2C[C@@H](O)CN2C(=O)C(NC(=O)CCOCCOCCC(=O)N2CCC(n3cc(-c4cnc(N)c(OC(C)c5c(Cl)ccc(F)c5Cl)c4)cn3)CC2)C(C)(C)C)cc1. The number of pyridine rings is 1. The Bertz CT molecular complexity index is 2690. The highest BCUT2D eigenvalue weighted by atomic mass is 35.5. The maximum atomic E-state index is 14.2. The van der Waals surface area contributed by atoms with Crippen molar-refractivity contribution in [3.8, 4) is 27.3 Å². The van der Waals surface area contributed by atoms with E-state index in [2.05, 4.69) is 25.7 Å². The minimum absolute atomic E-state index is 0.00906. The van der Waals surface area contributed by atoms with Crippen molar-refractivity contribution in [2.45, 2.75) is 104 Å². The Kier molecular flexibility index (Phi) is 18.3. The van der Waals surface area contributed by atoms with Crippen LogP contribution >= 0.6 is 34.5 Å². The summed E-state index contributed by atoms with van der Waals surface area (Å²) in [6.07, 6.45) is 5.39. The van der Waals surface area contributed by atoms with Crippen molar-refractivity contribution in [2.24, 2.45) is 5.41 Å². The summed E-state index contributed by atoms with van der Waals surface area (Å²) in [7, 11) is 0. The van der Waals surface area contributed by atoms with Gasteiger partial charge in [-0.05, 0) is 61.4 Å². The van der Waals surface area contributed by atoms with Crippen molar-refractivity contribution in [1.29, 1.82) is 0 Å². The van der Waals surface area contributed by atoms with Crippen LogP contribution in [0.15, 0.2) is 66.6 Å². The third kappa shape index (κ3) is 13.7. The molecule has 2 aliphatic rings. The lowest BCUT2D eigenvalue weighted by atomic mass is 9.85. The standard InChI is InChI=1S/C51H62Cl2FN9O8S/c1-30-46(72-29-58-30)33-8-6-32(7-9-33)24-57-49(67)40-23-37(64)28-62(40)50(68)47(51(3,4)5)60-42(65)14-18-69-20-21-70-19-15-43(66)61-16-12-36(13-17-61)63-27-35(26-59-63)34-22-41(48(55)56-25-34)71-31(2)44-38(52)10-11-39(54)45(44)53/h6-11,22,25-27,29,31,36-37,40,47,64H,12-21,23-24,28H2,1-5H3,(H2,55,56)(H,57,67)(H,60,65)/t31?,37-,40+,47?/m1/s1. The summed E-state index contributed by atoms with van der Waals surface area (Å²) < 4.78 is 33.4. The van der Waals surface area contributed by atoms with Crippen LogP contribution in [0.5, 0.6) is 5.75 Å². The maximum absolute atomic E-state index is 14.2. The smallest absolute Gasteiger partial charge is 0.246 e. The minimum Gasteiger partial charge on any atom is -0.482 e. The van der Waals surface area contributed by atoms with Gasteiger partial charge in [0.25, 0.3) is 0 Å². The number of aliphatic hydroxyl groups is 1. The lowest BCUT2D eigenvalue weighted by Crippen LogP contribution is -2.57. The molecule has 2 fully saturated rings. The summed E-state index contributed by atoms with van der Waals surface area (Å²) in [6, 6.07) is 10.4. The highest BCUT2D eigenvalue weighted by Crippen LogP contribution is 2.37. The molecular formula is C51H62Cl2FN9O8S. The van der Waals surface area contributed by atoms with E-state index in [-0.39, 0.29) is 98.2 Å². The number of aryl methyl sites for hydroxylation is 1. The predicted molar refractivity (Wildman–Crippen MR) is 273 cm³/mol. The fraction of sp³-hybridized carbons (Fsp3) is 0.471. The number of nitrogens with zero attached hydrogens (tertiary/aromatic N) is 6. The molecule has 5 N–H and O–H groups in total. The molecule has 21 heteroatoms. The van der Waals surface area contributed by atoms with E-state index in [0.29, 0.717) is 37.1 Å². The first-order chi connectivity index (χ1) is 34.4. The molecule has 2 unspecified atom stereocenters. The number of rotatable bonds is 20. The highest BCUT2D eigenvalue weighted by Gasteiger charge is 2.44. The Labute approximate surface area is 432 Å².